The third kappa shape index (κ3) is 3.51. The molecule has 0 saturated heterocycles. The van der Waals surface area contributed by atoms with Gasteiger partial charge in [0.15, 0.2) is 5.78 Å². The Morgan fingerprint density at radius 1 is 1.50 bits per heavy atom. The Morgan fingerprint density at radius 2 is 2.25 bits per heavy atom. The number of rotatable bonds is 6. The van der Waals surface area contributed by atoms with Crippen molar-refractivity contribution in [1.29, 1.82) is 0 Å². The van der Waals surface area contributed by atoms with E-state index in [9.17, 15) is 4.79 Å². The van der Waals surface area contributed by atoms with E-state index in [1.165, 1.54) is 7.11 Å². The molecule has 1 N–H and O–H groups in total. The van der Waals surface area contributed by atoms with E-state index in [4.69, 9.17) is 16.3 Å². The number of nitrogens with one attached hydrogen (secondary N) is 1. The first-order valence-corrected chi connectivity index (χ1v) is 5.64. The van der Waals surface area contributed by atoms with E-state index < -0.39 is 0 Å². The molecule has 0 aliphatic carbocycles. The minimum Gasteiger partial charge on any atom is -0.495 e. The second-order valence-corrected chi connectivity index (χ2v) is 3.86. The van der Waals surface area contributed by atoms with E-state index in [0.717, 1.165) is 13.0 Å². The van der Waals surface area contributed by atoms with Gasteiger partial charge >= 0.3 is 0 Å². The van der Waals surface area contributed by atoms with Crippen molar-refractivity contribution in [3.8, 4) is 5.75 Å². The quantitative estimate of drug-likeness (QED) is 0.615. The van der Waals surface area contributed by atoms with E-state index in [1.54, 1.807) is 18.2 Å². The van der Waals surface area contributed by atoms with Gasteiger partial charge < -0.3 is 10.1 Å². The summed E-state index contributed by atoms with van der Waals surface area (Å²) in [7, 11) is 1.53. The number of methoxy groups -OCH3 is 1. The van der Waals surface area contributed by atoms with Crippen LogP contribution in [-0.2, 0) is 0 Å². The van der Waals surface area contributed by atoms with Crippen molar-refractivity contribution in [2.45, 2.75) is 13.3 Å². The van der Waals surface area contributed by atoms with Gasteiger partial charge in [-0.15, -0.1) is 0 Å². The third-order valence-electron chi connectivity index (χ3n) is 2.19. The summed E-state index contributed by atoms with van der Waals surface area (Å²) in [4.78, 5) is 11.7. The SMILES string of the molecule is CCCNCC(=O)c1ccc(Cl)c(OC)c1. The Morgan fingerprint density at radius 3 is 2.88 bits per heavy atom. The molecule has 0 aromatic heterocycles. The summed E-state index contributed by atoms with van der Waals surface area (Å²) in [5.41, 5.74) is 0.616. The molecule has 0 unspecified atom stereocenters. The molecule has 4 heteroatoms. The molecule has 1 rings (SSSR count). The summed E-state index contributed by atoms with van der Waals surface area (Å²) in [5.74, 6) is 0.575. The highest BCUT2D eigenvalue weighted by atomic mass is 35.5. The van der Waals surface area contributed by atoms with Gasteiger partial charge in [0, 0.05) is 5.56 Å². The van der Waals surface area contributed by atoms with Crippen LogP contribution in [-0.4, -0.2) is 26.0 Å². The average Bonchev–Trinajstić information content (AvgIpc) is 2.30. The number of Topliss-reactive ketones (excluding diaryl/α,β-unsaturated/α-hetero) is 1. The van der Waals surface area contributed by atoms with Gasteiger partial charge in [-0.1, -0.05) is 18.5 Å². The first kappa shape index (κ1) is 13.0. The van der Waals surface area contributed by atoms with Crippen LogP contribution in [0.4, 0.5) is 0 Å². The van der Waals surface area contributed by atoms with Crippen LogP contribution in [0, 0.1) is 0 Å². The summed E-state index contributed by atoms with van der Waals surface area (Å²) >= 11 is 5.88. The van der Waals surface area contributed by atoms with Gasteiger partial charge in [-0.2, -0.15) is 0 Å². The molecule has 0 radical (unpaired) electrons. The summed E-state index contributed by atoms with van der Waals surface area (Å²) in [6.07, 6.45) is 1.01. The first-order chi connectivity index (χ1) is 7.69. The van der Waals surface area contributed by atoms with Crippen molar-refractivity contribution >= 4 is 17.4 Å². The van der Waals surface area contributed by atoms with Crippen LogP contribution >= 0.6 is 11.6 Å². The number of benzene rings is 1. The number of halogens is 1. The second kappa shape index (κ2) is 6.51. The molecule has 0 saturated carbocycles. The van der Waals surface area contributed by atoms with Gasteiger partial charge in [-0.25, -0.2) is 0 Å². The maximum Gasteiger partial charge on any atom is 0.176 e. The Bertz CT molecular complexity index is 366. The summed E-state index contributed by atoms with van der Waals surface area (Å²) < 4.78 is 5.06. The van der Waals surface area contributed by atoms with Crippen molar-refractivity contribution in [2.75, 3.05) is 20.2 Å². The van der Waals surface area contributed by atoms with Crippen LogP contribution in [0.15, 0.2) is 18.2 Å². The topological polar surface area (TPSA) is 38.3 Å². The minimum atomic E-state index is 0.0448. The second-order valence-electron chi connectivity index (χ2n) is 3.45. The average molecular weight is 242 g/mol. The number of hydrogen-bond acceptors (Lipinski definition) is 3. The Kier molecular flexibility index (Phi) is 5.29. The molecule has 1 aromatic carbocycles. The molecular formula is C12H16ClNO2. The molecule has 1 aromatic rings. The fourth-order valence-corrected chi connectivity index (χ4v) is 1.51. The molecule has 0 aliphatic rings. The molecule has 0 fully saturated rings. The van der Waals surface area contributed by atoms with Crippen molar-refractivity contribution in [3.05, 3.63) is 28.8 Å². The van der Waals surface area contributed by atoms with Gasteiger partial charge in [0.1, 0.15) is 5.75 Å². The summed E-state index contributed by atoms with van der Waals surface area (Å²) in [6, 6.07) is 5.05. The first-order valence-electron chi connectivity index (χ1n) is 5.26. The van der Waals surface area contributed by atoms with Crippen molar-refractivity contribution in [1.82, 2.24) is 5.32 Å². The minimum absolute atomic E-state index is 0.0448. The van der Waals surface area contributed by atoms with Crippen LogP contribution in [0.2, 0.25) is 5.02 Å². The van der Waals surface area contributed by atoms with Gasteiger partial charge in [-0.3, -0.25) is 4.79 Å². The summed E-state index contributed by atoms with van der Waals surface area (Å²) in [5, 5.41) is 3.58. The lowest BCUT2D eigenvalue weighted by Gasteiger charge is -2.06. The highest BCUT2D eigenvalue weighted by Crippen LogP contribution is 2.24. The lowest BCUT2D eigenvalue weighted by atomic mass is 10.1. The Labute approximate surface area is 101 Å². The molecule has 0 aliphatic heterocycles. The van der Waals surface area contributed by atoms with E-state index in [0.29, 0.717) is 22.9 Å². The lowest BCUT2D eigenvalue weighted by Crippen LogP contribution is -2.23. The van der Waals surface area contributed by atoms with E-state index >= 15 is 0 Å². The van der Waals surface area contributed by atoms with Crippen LogP contribution in [0.1, 0.15) is 23.7 Å². The number of ether oxygens (including phenoxy) is 1. The molecule has 0 bridgehead atoms. The molecule has 88 valence electrons. The standard InChI is InChI=1S/C12H16ClNO2/c1-3-6-14-8-11(15)9-4-5-10(13)12(7-9)16-2/h4-5,7,14H,3,6,8H2,1-2H3. The zero-order chi connectivity index (χ0) is 12.0. The van der Waals surface area contributed by atoms with Crippen LogP contribution in [0.25, 0.3) is 0 Å². The zero-order valence-electron chi connectivity index (χ0n) is 9.55. The monoisotopic (exact) mass is 241 g/mol. The Hall–Kier alpha value is -1.06. The van der Waals surface area contributed by atoms with Crippen molar-refractivity contribution < 1.29 is 9.53 Å². The molecule has 3 nitrogen and oxygen atoms in total. The normalized spacial score (nSPS) is 10.2. The van der Waals surface area contributed by atoms with Crippen LogP contribution in [0.3, 0.4) is 0 Å². The van der Waals surface area contributed by atoms with Gasteiger partial charge in [-0.05, 0) is 31.2 Å². The van der Waals surface area contributed by atoms with Gasteiger partial charge in [0.2, 0.25) is 0 Å². The fourth-order valence-electron chi connectivity index (χ4n) is 1.31. The van der Waals surface area contributed by atoms with E-state index in [2.05, 4.69) is 12.2 Å². The number of carbonyl (C=O) groups is 1. The molecule has 0 atom stereocenters. The van der Waals surface area contributed by atoms with Gasteiger partial charge in [0.25, 0.3) is 0 Å². The van der Waals surface area contributed by atoms with Crippen molar-refractivity contribution in [2.24, 2.45) is 0 Å². The maximum atomic E-state index is 11.7. The van der Waals surface area contributed by atoms with E-state index in [-0.39, 0.29) is 5.78 Å². The fraction of sp³-hybridized carbons (Fsp3) is 0.417. The maximum absolute atomic E-state index is 11.7. The highest BCUT2D eigenvalue weighted by Gasteiger charge is 2.08. The predicted octanol–water partition coefficient (Wildman–Crippen LogP) is 2.53. The molecule has 0 spiro atoms. The highest BCUT2D eigenvalue weighted by molar-refractivity contribution is 6.32. The molecule has 16 heavy (non-hydrogen) atoms. The third-order valence-corrected chi connectivity index (χ3v) is 2.50. The molecule has 0 amide bonds. The van der Waals surface area contributed by atoms with Crippen molar-refractivity contribution in [3.63, 3.8) is 0 Å². The van der Waals surface area contributed by atoms with E-state index in [1.807, 2.05) is 0 Å². The molecule has 0 heterocycles. The van der Waals surface area contributed by atoms with Crippen LogP contribution in [0.5, 0.6) is 5.75 Å². The predicted molar refractivity (Wildman–Crippen MR) is 65.5 cm³/mol. The number of carbonyl (C=O) groups excluding carboxylic acids is 1. The lowest BCUT2D eigenvalue weighted by molar-refractivity contribution is 0.0991. The van der Waals surface area contributed by atoms with Crippen LogP contribution < -0.4 is 10.1 Å². The smallest absolute Gasteiger partial charge is 0.176 e. The Balaban J connectivity index is 2.68. The zero-order valence-corrected chi connectivity index (χ0v) is 10.3. The largest absolute Gasteiger partial charge is 0.495 e. The van der Waals surface area contributed by atoms with Gasteiger partial charge in [0.05, 0.1) is 18.7 Å². The summed E-state index contributed by atoms with van der Waals surface area (Å²) in [6.45, 7) is 3.25. The number of ketones is 1. The number of hydrogen-bond donors (Lipinski definition) is 1. The molecular weight excluding hydrogens is 226 g/mol.